The Bertz CT molecular complexity index is 386. The van der Waals surface area contributed by atoms with E-state index < -0.39 is 0 Å². The first-order valence-electron chi connectivity index (χ1n) is 7.48. The van der Waals surface area contributed by atoms with E-state index in [1.165, 1.54) is 24.9 Å². The van der Waals surface area contributed by atoms with Gasteiger partial charge in [0, 0.05) is 38.4 Å². The van der Waals surface area contributed by atoms with Gasteiger partial charge in [-0.1, -0.05) is 13.3 Å². The zero-order valence-corrected chi connectivity index (χ0v) is 12.3. The van der Waals surface area contributed by atoms with Gasteiger partial charge in [-0.3, -0.25) is 4.68 Å². The summed E-state index contributed by atoms with van der Waals surface area (Å²) in [4.78, 5) is 2.52. The molecule has 2 heterocycles. The summed E-state index contributed by atoms with van der Waals surface area (Å²) in [6.45, 7) is 5.86. The molecule has 0 aliphatic carbocycles. The second-order valence-corrected chi connectivity index (χ2v) is 6.06. The lowest BCUT2D eigenvalue weighted by Gasteiger charge is -2.42. The lowest BCUT2D eigenvalue weighted by atomic mass is 9.77. The molecule has 1 saturated heterocycles. The number of hydrogen-bond acceptors (Lipinski definition) is 3. The van der Waals surface area contributed by atoms with Crippen LogP contribution >= 0.6 is 0 Å². The van der Waals surface area contributed by atoms with Gasteiger partial charge in [-0.2, -0.15) is 5.10 Å². The SMILES string of the molecule is CCC[C@]1(CO)CCCN(CCc2cnn(C)c2)C1. The molecule has 108 valence electrons. The van der Waals surface area contributed by atoms with Crippen molar-refractivity contribution in [2.24, 2.45) is 12.5 Å². The van der Waals surface area contributed by atoms with Crippen molar-refractivity contribution < 1.29 is 5.11 Å². The number of aliphatic hydroxyl groups excluding tert-OH is 1. The number of aliphatic hydroxyl groups is 1. The molecule has 2 rings (SSSR count). The second-order valence-electron chi connectivity index (χ2n) is 6.06. The Kier molecular flexibility index (Phi) is 4.99. The van der Waals surface area contributed by atoms with Gasteiger partial charge in [-0.15, -0.1) is 0 Å². The lowest BCUT2D eigenvalue weighted by molar-refractivity contribution is 0.0255. The molecule has 1 aromatic heterocycles. The average Bonchev–Trinajstić information content (AvgIpc) is 2.83. The van der Waals surface area contributed by atoms with Gasteiger partial charge in [0.15, 0.2) is 0 Å². The van der Waals surface area contributed by atoms with Crippen molar-refractivity contribution in [3.63, 3.8) is 0 Å². The van der Waals surface area contributed by atoms with Crippen molar-refractivity contribution in [3.05, 3.63) is 18.0 Å². The number of piperidine rings is 1. The number of likely N-dealkylation sites (tertiary alicyclic amines) is 1. The third kappa shape index (κ3) is 3.80. The third-order valence-corrected chi connectivity index (χ3v) is 4.33. The minimum atomic E-state index is 0.155. The summed E-state index contributed by atoms with van der Waals surface area (Å²) in [5, 5.41) is 14.0. The summed E-state index contributed by atoms with van der Waals surface area (Å²) in [6.07, 6.45) is 9.81. The Morgan fingerprint density at radius 1 is 1.47 bits per heavy atom. The first-order chi connectivity index (χ1) is 9.17. The van der Waals surface area contributed by atoms with Crippen LogP contribution in [0.4, 0.5) is 0 Å². The predicted octanol–water partition coefficient (Wildman–Crippen LogP) is 1.84. The van der Waals surface area contributed by atoms with Gasteiger partial charge in [-0.25, -0.2) is 0 Å². The van der Waals surface area contributed by atoms with E-state index in [-0.39, 0.29) is 5.41 Å². The Morgan fingerprint density at radius 3 is 2.95 bits per heavy atom. The highest BCUT2D eigenvalue weighted by atomic mass is 16.3. The van der Waals surface area contributed by atoms with E-state index in [4.69, 9.17) is 0 Å². The quantitative estimate of drug-likeness (QED) is 0.853. The van der Waals surface area contributed by atoms with E-state index in [9.17, 15) is 5.11 Å². The molecule has 19 heavy (non-hydrogen) atoms. The van der Waals surface area contributed by atoms with Crippen molar-refractivity contribution >= 4 is 0 Å². The molecule has 0 bridgehead atoms. The van der Waals surface area contributed by atoms with Crippen molar-refractivity contribution in [1.29, 1.82) is 0 Å². The Labute approximate surface area is 116 Å². The fraction of sp³-hybridized carbons (Fsp3) is 0.800. The summed E-state index contributed by atoms with van der Waals surface area (Å²) < 4.78 is 1.86. The zero-order chi connectivity index (χ0) is 13.7. The molecule has 0 amide bonds. The first-order valence-corrected chi connectivity index (χ1v) is 7.48. The van der Waals surface area contributed by atoms with Crippen LogP contribution in [0.5, 0.6) is 0 Å². The fourth-order valence-corrected chi connectivity index (χ4v) is 3.33. The first kappa shape index (κ1) is 14.5. The van der Waals surface area contributed by atoms with Crippen LogP contribution in [0.25, 0.3) is 0 Å². The average molecular weight is 265 g/mol. The van der Waals surface area contributed by atoms with Gasteiger partial charge in [-0.05, 0) is 37.8 Å². The number of aromatic nitrogens is 2. The van der Waals surface area contributed by atoms with Gasteiger partial charge in [0.25, 0.3) is 0 Å². The molecule has 0 spiro atoms. The molecule has 1 atom stereocenters. The summed E-state index contributed by atoms with van der Waals surface area (Å²) in [6, 6.07) is 0. The smallest absolute Gasteiger partial charge is 0.0522 e. The Hall–Kier alpha value is -0.870. The monoisotopic (exact) mass is 265 g/mol. The van der Waals surface area contributed by atoms with Crippen molar-refractivity contribution in [3.8, 4) is 0 Å². The number of aryl methyl sites for hydroxylation is 1. The molecular weight excluding hydrogens is 238 g/mol. The predicted molar refractivity (Wildman–Crippen MR) is 77.0 cm³/mol. The van der Waals surface area contributed by atoms with Crippen LogP contribution in [0.3, 0.4) is 0 Å². The Balaban J connectivity index is 1.86. The molecule has 0 radical (unpaired) electrons. The maximum absolute atomic E-state index is 9.74. The molecule has 4 heteroatoms. The molecule has 0 aromatic carbocycles. The molecule has 4 nitrogen and oxygen atoms in total. The standard InChI is InChI=1S/C15H27N3O/c1-3-6-15(13-19)7-4-8-18(12-15)9-5-14-10-16-17(2)11-14/h10-11,19H,3-9,12-13H2,1-2H3/t15-/m0/s1. The largest absolute Gasteiger partial charge is 0.396 e. The van der Waals surface area contributed by atoms with Gasteiger partial charge in [0.1, 0.15) is 0 Å². The number of rotatable bonds is 6. The van der Waals surface area contributed by atoms with Crippen LogP contribution in [0, 0.1) is 5.41 Å². The minimum Gasteiger partial charge on any atom is -0.396 e. The van der Waals surface area contributed by atoms with Crippen LogP contribution in [0.2, 0.25) is 0 Å². The maximum atomic E-state index is 9.74. The van der Waals surface area contributed by atoms with Crippen LogP contribution in [0.15, 0.2) is 12.4 Å². The number of hydrogen-bond donors (Lipinski definition) is 1. The highest BCUT2D eigenvalue weighted by Gasteiger charge is 2.33. The zero-order valence-electron chi connectivity index (χ0n) is 12.3. The van der Waals surface area contributed by atoms with E-state index >= 15 is 0 Å². The Morgan fingerprint density at radius 2 is 2.32 bits per heavy atom. The number of nitrogens with zero attached hydrogens (tertiary/aromatic N) is 3. The lowest BCUT2D eigenvalue weighted by Crippen LogP contribution is -2.45. The summed E-state index contributed by atoms with van der Waals surface area (Å²) >= 11 is 0. The van der Waals surface area contributed by atoms with Gasteiger partial charge in [0.05, 0.1) is 6.20 Å². The van der Waals surface area contributed by atoms with Crippen LogP contribution in [-0.2, 0) is 13.5 Å². The van der Waals surface area contributed by atoms with E-state index in [0.717, 1.165) is 32.4 Å². The van der Waals surface area contributed by atoms with E-state index in [0.29, 0.717) is 6.61 Å². The molecule has 1 aliphatic rings. The summed E-state index contributed by atoms with van der Waals surface area (Å²) in [5.41, 5.74) is 1.46. The molecule has 0 saturated carbocycles. The maximum Gasteiger partial charge on any atom is 0.0522 e. The molecule has 1 aliphatic heterocycles. The van der Waals surface area contributed by atoms with Crippen LogP contribution in [0.1, 0.15) is 38.2 Å². The van der Waals surface area contributed by atoms with Gasteiger partial charge < -0.3 is 10.0 Å². The van der Waals surface area contributed by atoms with Crippen molar-refractivity contribution in [1.82, 2.24) is 14.7 Å². The second kappa shape index (κ2) is 6.53. The van der Waals surface area contributed by atoms with Crippen LogP contribution < -0.4 is 0 Å². The molecule has 0 unspecified atom stereocenters. The van der Waals surface area contributed by atoms with E-state index in [1.807, 2.05) is 17.9 Å². The van der Waals surface area contributed by atoms with E-state index in [1.54, 1.807) is 0 Å². The van der Waals surface area contributed by atoms with Crippen LogP contribution in [-0.4, -0.2) is 46.0 Å². The molecule has 1 aromatic rings. The molecule has 1 fully saturated rings. The summed E-state index contributed by atoms with van der Waals surface area (Å²) in [5.74, 6) is 0. The normalized spacial score (nSPS) is 24.8. The van der Waals surface area contributed by atoms with Gasteiger partial charge in [0.2, 0.25) is 0 Å². The minimum absolute atomic E-state index is 0.155. The molecule has 1 N–H and O–H groups in total. The van der Waals surface area contributed by atoms with Gasteiger partial charge >= 0.3 is 0 Å². The topological polar surface area (TPSA) is 41.3 Å². The fourth-order valence-electron chi connectivity index (χ4n) is 3.33. The highest BCUT2D eigenvalue weighted by molar-refractivity contribution is 5.04. The van der Waals surface area contributed by atoms with E-state index in [2.05, 4.69) is 23.1 Å². The third-order valence-electron chi connectivity index (χ3n) is 4.33. The van der Waals surface area contributed by atoms with Crippen molar-refractivity contribution in [2.45, 2.75) is 39.0 Å². The summed E-state index contributed by atoms with van der Waals surface area (Å²) in [7, 11) is 1.96. The van der Waals surface area contributed by atoms with Crippen molar-refractivity contribution in [2.75, 3.05) is 26.2 Å². The molecular formula is C15H27N3O. The highest BCUT2D eigenvalue weighted by Crippen LogP contribution is 2.34.